The maximum Gasteiger partial charge on any atom is 0.296 e. The van der Waals surface area contributed by atoms with Gasteiger partial charge in [-0.25, -0.2) is 0 Å². The Labute approximate surface area is 226 Å². The fourth-order valence-corrected chi connectivity index (χ4v) is 7.23. The van der Waals surface area contributed by atoms with Gasteiger partial charge in [0.15, 0.2) is 17.3 Å². The average Bonchev–Trinajstić information content (AvgIpc) is 3.35. The number of nitrogens with one attached hydrogen (secondary N) is 1. The molecule has 5 rings (SSSR count). The second-order valence-electron chi connectivity index (χ2n) is 11.6. The van der Waals surface area contributed by atoms with Crippen LogP contribution in [-0.4, -0.2) is 60.8 Å². The van der Waals surface area contributed by atoms with Crippen LogP contribution in [0.2, 0.25) is 0 Å². The first-order valence-electron chi connectivity index (χ1n) is 13.2. The minimum atomic E-state index is -3.96. The molecule has 0 radical (unpaired) electrons. The molecule has 3 atom stereocenters. The quantitative estimate of drug-likeness (QED) is 0.518. The van der Waals surface area contributed by atoms with Crippen molar-refractivity contribution in [1.82, 2.24) is 5.32 Å². The molecule has 2 saturated heterocycles. The third-order valence-electron chi connectivity index (χ3n) is 8.50. The number of methoxy groups -OCH3 is 2. The summed E-state index contributed by atoms with van der Waals surface area (Å²) in [6.07, 6.45) is 2.35. The van der Waals surface area contributed by atoms with Gasteiger partial charge >= 0.3 is 0 Å². The lowest BCUT2D eigenvalue weighted by Gasteiger charge is -2.56. The fraction of sp³-hybridized carbons (Fsp3) is 0.586. The Hall–Kier alpha value is -2.17. The van der Waals surface area contributed by atoms with Gasteiger partial charge in [-0.2, -0.15) is 8.42 Å². The summed E-state index contributed by atoms with van der Waals surface area (Å²) in [5.41, 5.74) is 1.73. The molecule has 2 aromatic rings. The van der Waals surface area contributed by atoms with Crippen molar-refractivity contribution < 1.29 is 31.5 Å². The predicted molar refractivity (Wildman–Crippen MR) is 143 cm³/mol. The highest BCUT2D eigenvalue weighted by Gasteiger charge is 2.61. The molecule has 0 aromatic heterocycles. The highest BCUT2D eigenvalue weighted by molar-refractivity contribution is 7.86. The number of rotatable bonds is 7. The molecular weight excluding hydrogens is 506 g/mol. The summed E-state index contributed by atoms with van der Waals surface area (Å²) in [6, 6.07) is 12.7. The van der Waals surface area contributed by atoms with Crippen LogP contribution in [0.3, 0.4) is 0 Å². The number of hydrogen-bond acceptors (Lipinski definition) is 8. The number of aryl methyl sites for hydroxylation is 1. The summed E-state index contributed by atoms with van der Waals surface area (Å²) < 4.78 is 56.3. The Morgan fingerprint density at radius 3 is 2.29 bits per heavy atom. The Balaban J connectivity index is 1.50. The third kappa shape index (κ3) is 4.84. The van der Waals surface area contributed by atoms with Crippen molar-refractivity contribution in [3.63, 3.8) is 0 Å². The van der Waals surface area contributed by atoms with E-state index >= 15 is 0 Å². The van der Waals surface area contributed by atoms with Crippen molar-refractivity contribution in [1.29, 1.82) is 0 Å². The molecule has 1 saturated carbocycles. The molecule has 2 aliphatic heterocycles. The van der Waals surface area contributed by atoms with Crippen molar-refractivity contribution in [2.24, 2.45) is 11.3 Å². The molecular formula is C29H39NO7S. The first kappa shape index (κ1) is 27.4. The van der Waals surface area contributed by atoms with Gasteiger partial charge in [-0.15, -0.1) is 0 Å². The zero-order chi connectivity index (χ0) is 27.2. The smallest absolute Gasteiger partial charge is 0.296 e. The molecule has 1 N–H and O–H groups in total. The van der Waals surface area contributed by atoms with E-state index in [0.717, 1.165) is 30.5 Å². The Bertz CT molecular complexity index is 1250. The van der Waals surface area contributed by atoms with Crippen molar-refractivity contribution in [3.8, 4) is 11.5 Å². The summed E-state index contributed by atoms with van der Waals surface area (Å²) in [5, 5.41) is 3.68. The maximum absolute atomic E-state index is 13.2. The number of fused-ring (bicyclic) bond motifs is 1. The highest BCUT2D eigenvalue weighted by Crippen LogP contribution is 2.55. The predicted octanol–water partition coefficient (Wildman–Crippen LogP) is 4.20. The van der Waals surface area contributed by atoms with Gasteiger partial charge < -0.3 is 24.3 Å². The fourth-order valence-electron chi connectivity index (χ4n) is 6.30. The van der Waals surface area contributed by atoms with Gasteiger partial charge in [-0.05, 0) is 56.1 Å². The zero-order valence-electron chi connectivity index (χ0n) is 22.9. The molecule has 1 spiro atoms. The van der Waals surface area contributed by atoms with Gasteiger partial charge in [0, 0.05) is 23.3 Å². The first-order chi connectivity index (χ1) is 18.0. The van der Waals surface area contributed by atoms with Crippen molar-refractivity contribution >= 4 is 10.1 Å². The summed E-state index contributed by atoms with van der Waals surface area (Å²) in [4.78, 5) is 0.144. The van der Waals surface area contributed by atoms with Gasteiger partial charge in [-0.1, -0.05) is 37.6 Å². The molecule has 3 fully saturated rings. The Morgan fingerprint density at radius 2 is 1.63 bits per heavy atom. The van der Waals surface area contributed by atoms with Crippen LogP contribution in [0, 0.1) is 18.3 Å². The maximum atomic E-state index is 13.2. The van der Waals surface area contributed by atoms with Crippen LogP contribution in [0.15, 0.2) is 47.4 Å². The molecule has 0 unspecified atom stereocenters. The Kier molecular flexibility index (Phi) is 7.28. The molecule has 2 aromatic carbocycles. The van der Waals surface area contributed by atoms with E-state index in [4.69, 9.17) is 23.1 Å². The second-order valence-corrected chi connectivity index (χ2v) is 13.2. The van der Waals surface area contributed by atoms with Crippen molar-refractivity contribution in [2.75, 3.05) is 40.6 Å². The van der Waals surface area contributed by atoms with Gasteiger partial charge in [0.2, 0.25) is 0 Å². The molecule has 2 heterocycles. The molecule has 208 valence electrons. The van der Waals surface area contributed by atoms with Crippen LogP contribution in [0.25, 0.3) is 0 Å². The van der Waals surface area contributed by atoms with Crippen LogP contribution in [0.1, 0.15) is 44.2 Å². The van der Waals surface area contributed by atoms with Crippen LogP contribution in [-0.2, 0) is 29.2 Å². The second kappa shape index (κ2) is 10.1. The molecule has 0 amide bonds. The standard InChI is InChI=1S/C29H39NO7S/c1-20-6-9-22(10-7-20)38(31,32)37-17-23-26-28(14-15-30-26,21-8-11-24(33-4)25(16-21)34-5)12-13-29(23)35-18-27(2,3)19-36-29/h6-11,16,23,26,30H,12-15,17-19H2,1-5H3/t23-,26-,28-/m0/s1. The van der Waals surface area contributed by atoms with E-state index in [0.29, 0.717) is 31.1 Å². The van der Waals surface area contributed by atoms with E-state index in [1.54, 1.807) is 38.5 Å². The van der Waals surface area contributed by atoms with Gasteiger partial charge in [0.05, 0.1) is 44.9 Å². The van der Waals surface area contributed by atoms with E-state index in [1.807, 2.05) is 19.1 Å². The summed E-state index contributed by atoms with van der Waals surface area (Å²) in [5.74, 6) is 0.0586. The molecule has 8 nitrogen and oxygen atoms in total. The van der Waals surface area contributed by atoms with Crippen LogP contribution >= 0.6 is 0 Å². The van der Waals surface area contributed by atoms with Crippen LogP contribution in [0.4, 0.5) is 0 Å². The molecule has 38 heavy (non-hydrogen) atoms. The SMILES string of the molecule is COc1ccc([C@]23CCN[C@H]2[C@H](COS(=O)(=O)c2ccc(C)cc2)C2(CC3)OCC(C)(C)CO2)cc1OC. The number of benzene rings is 2. The van der Waals surface area contributed by atoms with Crippen molar-refractivity contribution in [3.05, 3.63) is 53.6 Å². The third-order valence-corrected chi connectivity index (χ3v) is 9.80. The molecule has 0 bridgehead atoms. The zero-order valence-corrected chi connectivity index (χ0v) is 23.7. The lowest BCUT2D eigenvalue weighted by Crippen LogP contribution is -2.65. The highest BCUT2D eigenvalue weighted by atomic mass is 32.2. The summed E-state index contributed by atoms with van der Waals surface area (Å²) in [7, 11) is -0.700. The van der Waals surface area contributed by atoms with E-state index in [9.17, 15) is 8.42 Å². The van der Waals surface area contributed by atoms with Gasteiger partial charge in [0.1, 0.15) is 0 Å². The molecule has 9 heteroatoms. The lowest BCUT2D eigenvalue weighted by molar-refractivity contribution is -0.341. The van der Waals surface area contributed by atoms with E-state index in [1.165, 1.54) is 0 Å². The lowest BCUT2D eigenvalue weighted by atomic mass is 9.60. The van der Waals surface area contributed by atoms with Crippen molar-refractivity contribution in [2.45, 2.75) is 62.2 Å². The first-order valence-corrected chi connectivity index (χ1v) is 14.6. The van der Waals surface area contributed by atoms with E-state index in [2.05, 4.69) is 25.2 Å². The largest absolute Gasteiger partial charge is 0.493 e. The number of hydrogen-bond donors (Lipinski definition) is 1. The minimum Gasteiger partial charge on any atom is -0.493 e. The molecule has 3 aliphatic rings. The minimum absolute atomic E-state index is 0.0522. The summed E-state index contributed by atoms with van der Waals surface area (Å²) >= 11 is 0. The van der Waals surface area contributed by atoms with Gasteiger partial charge in [-0.3, -0.25) is 4.18 Å². The monoisotopic (exact) mass is 545 g/mol. The summed E-state index contributed by atoms with van der Waals surface area (Å²) in [6.45, 7) is 7.94. The topological polar surface area (TPSA) is 92.3 Å². The Morgan fingerprint density at radius 1 is 0.947 bits per heavy atom. The van der Waals surface area contributed by atoms with E-state index < -0.39 is 15.9 Å². The van der Waals surface area contributed by atoms with Gasteiger partial charge in [0.25, 0.3) is 10.1 Å². The van der Waals surface area contributed by atoms with Crippen LogP contribution < -0.4 is 14.8 Å². The average molecular weight is 546 g/mol. The van der Waals surface area contributed by atoms with E-state index in [-0.39, 0.29) is 34.3 Å². The van der Waals surface area contributed by atoms with Crippen LogP contribution in [0.5, 0.6) is 11.5 Å². The molecule has 1 aliphatic carbocycles. The number of ether oxygens (including phenoxy) is 4. The normalized spacial score (nSPS) is 28.1.